The summed E-state index contributed by atoms with van der Waals surface area (Å²) in [5.41, 5.74) is 1.42. The fourth-order valence-corrected chi connectivity index (χ4v) is 2.54. The lowest BCUT2D eigenvalue weighted by molar-refractivity contribution is -0.109. The first-order chi connectivity index (χ1) is 10.4. The topological polar surface area (TPSA) is 114 Å². The average molecular weight is 309 g/mol. The SMILES string of the molecule is CNc1ccc(C(=O)NC[C@H]2N[C@@H](C)[C@@H](O)[C@@H](O)[C@@H]2O)cc1. The van der Waals surface area contributed by atoms with Crippen molar-refractivity contribution in [2.45, 2.75) is 37.3 Å². The van der Waals surface area contributed by atoms with Crippen LogP contribution >= 0.6 is 0 Å². The molecule has 0 bridgehead atoms. The number of nitrogens with one attached hydrogen (secondary N) is 3. The van der Waals surface area contributed by atoms with E-state index < -0.39 is 24.4 Å². The minimum atomic E-state index is -1.23. The van der Waals surface area contributed by atoms with Gasteiger partial charge in [0.25, 0.3) is 5.91 Å². The Labute approximate surface area is 129 Å². The summed E-state index contributed by atoms with van der Waals surface area (Å²) < 4.78 is 0. The van der Waals surface area contributed by atoms with E-state index in [-0.39, 0.29) is 18.5 Å². The zero-order chi connectivity index (χ0) is 16.3. The molecule has 5 atom stereocenters. The van der Waals surface area contributed by atoms with Crippen LogP contribution in [0.2, 0.25) is 0 Å². The number of hydrogen-bond acceptors (Lipinski definition) is 6. The zero-order valence-electron chi connectivity index (χ0n) is 12.7. The van der Waals surface area contributed by atoms with Crippen LogP contribution in [-0.4, -0.2) is 65.2 Å². The molecule has 0 saturated carbocycles. The molecule has 7 heteroatoms. The van der Waals surface area contributed by atoms with E-state index in [1.165, 1.54) is 0 Å². The molecule has 1 aromatic carbocycles. The molecule has 7 nitrogen and oxygen atoms in total. The molecule has 1 saturated heterocycles. The van der Waals surface area contributed by atoms with Gasteiger partial charge in [-0.1, -0.05) is 0 Å². The van der Waals surface area contributed by atoms with E-state index in [4.69, 9.17) is 0 Å². The van der Waals surface area contributed by atoms with Crippen molar-refractivity contribution in [2.75, 3.05) is 18.9 Å². The second-order valence-corrected chi connectivity index (χ2v) is 5.57. The molecule has 6 N–H and O–H groups in total. The van der Waals surface area contributed by atoms with Crippen molar-refractivity contribution in [3.63, 3.8) is 0 Å². The maximum Gasteiger partial charge on any atom is 0.251 e. The Morgan fingerprint density at radius 2 is 1.77 bits per heavy atom. The van der Waals surface area contributed by atoms with Gasteiger partial charge in [-0.05, 0) is 31.2 Å². The number of aliphatic hydroxyl groups is 3. The molecule has 22 heavy (non-hydrogen) atoms. The van der Waals surface area contributed by atoms with Crippen LogP contribution in [0.1, 0.15) is 17.3 Å². The van der Waals surface area contributed by atoms with Gasteiger partial charge in [0, 0.05) is 30.9 Å². The van der Waals surface area contributed by atoms with Crippen LogP contribution < -0.4 is 16.0 Å². The first kappa shape index (κ1) is 16.7. The highest BCUT2D eigenvalue weighted by Gasteiger charge is 2.40. The number of carbonyl (C=O) groups is 1. The third kappa shape index (κ3) is 3.56. The summed E-state index contributed by atoms with van der Waals surface area (Å²) in [6, 6.07) is 6.11. The number of rotatable bonds is 4. The Hall–Kier alpha value is -1.67. The molecular formula is C15H23N3O4. The Bertz CT molecular complexity index is 508. The van der Waals surface area contributed by atoms with Crippen LogP contribution in [0, 0.1) is 0 Å². The standard InChI is InChI=1S/C15H23N3O4/c1-8-12(19)14(21)13(20)11(18-8)7-17-15(22)9-3-5-10(16-2)6-4-9/h3-6,8,11-14,16,18-21H,7H2,1-2H3,(H,17,22)/t8-,11+,12+,13+,14+/m0/s1. The summed E-state index contributed by atoms with van der Waals surface area (Å²) in [6.07, 6.45) is -3.40. The van der Waals surface area contributed by atoms with Crippen molar-refractivity contribution >= 4 is 11.6 Å². The second-order valence-electron chi connectivity index (χ2n) is 5.57. The Morgan fingerprint density at radius 3 is 2.36 bits per heavy atom. The van der Waals surface area contributed by atoms with Gasteiger partial charge >= 0.3 is 0 Å². The van der Waals surface area contributed by atoms with Crippen LogP contribution in [0.15, 0.2) is 24.3 Å². The quantitative estimate of drug-likeness (QED) is 0.421. The van der Waals surface area contributed by atoms with Gasteiger partial charge in [-0.3, -0.25) is 4.79 Å². The Morgan fingerprint density at radius 1 is 1.14 bits per heavy atom. The fourth-order valence-electron chi connectivity index (χ4n) is 2.54. The largest absolute Gasteiger partial charge is 0.389 e. The number of hydrogen-bond donors (Lipinski definition) is 6. The second kappa shape index (κ2) is 7.06. The Kier molecular flexibility index (Phi) is 5.36. The molecule has 2 rings (SSSR count). The molecule has 1 aromatic rings. The monoisotopic (exact) mass is 309 g/mol. The predicted octanol–water partition coefficient (Wildman–Crippen LogP) is -1.10. The number of amides is 1. The summed E-state index contributed by atoms with van der Waals surface area (Å²) in [4.78, 5) is 12.1. The van der Waals surface area contributed by atoms with E-state index in [1.807, 2.05) is 0 Å². The van der Waals surface area contributed by atoms with E-state index >= 15 is 0 Å². The smallest absolute Gasteiger partial charge is 0.251 e. The van der Waals surface area contributed by atoms with Crippen LogP contribution in [0.4, 0.5) is 5.69 Å². The van der Waals surface area contributed by atoms with Gasteiger partial charge in [0.05, 0.1) is 18.2 Å². The maximum absolute atomic E-state index is 12.1. The molecule has 1 amide bonds. The number of carbonyl (C=O) groups excluding carboxylic acids is 1. The molecule has 1 aliphatic heterocycles. The minimum Gasteiger partial charge on any atom is -0.389 e. The fraction of sp³-hybridized carbons (Fsp3) is 0.533. The van der Waals surface area contributed by atoms with E-state index in [9.17, 15) is 20.1 Å². The van der Waals surface area contributed by atoms with Gasteiger partial charge in [0.2, 0.25) is 0 Å². The van der Waals surface area contributed by atoms with Gasteiger partial charge < -0.3 is 31.3 Å². The number of benzene rings is 1. The molecule has 0 spiro atoms. The van der Waals surface area contributed by atoms with Gasteiger partial charge in [-0.2, -0.15) is 0 Å². The molecule has 0 aromatic heterocycles. The van der Waals surface area contributed by atoms with E-state index in [0.29, 0.717) is 5.56 Å². The summed E-state index contributed by atoms with van der Waals surface area (Å²) in [7, 11) is 1.80. The van der Waals surface area contributed by atoms with Crippen molar-refractivity contribution in [1.29, 1.82) is 0 Å². The number of anilines is 1. The summed E-state index contributed by atoms with van der Waals surface area (Å²) >= 11 is 0. The highest BCUT2D eigenvalue weighted by molar-refractivity contribution is 5.94. The molecule has 1 fully saturated rings. The predicted molar refractivity (Wildman–Crippen MR) is 82.7 cm³/mol. The van der Waals surface area contributed by atoms with Crippen LogP contribution in [0.3, 0.4) is 0 Å². The van der Waals surface area contributed by atoms with Gasteiger partial charge in [0.15, 0.2) is 0 Å². The van der Waals surface area contributed by atoms with Crippen LogP contribution in [0.25, 0.3) is 0 Å². The summed E-state index contributed by atoms with van der Waals surface area (Å²) in [6.45, 7) is 1.87. The lowest BCUT2D eigenvalue weighted by Crippen LogP contribution is -2.66. The van der Waals surface area contributed by atoms with Crippen molar-refractivity contribution in [2.24, 2.45) is 0 Å². The Balaban J connectivity index is 1.92. The third-order valence-electron chi connectivity index (χ3n) is 4.02. The highest BCUT2D eigenvalue weighted by atomic mass is 16.4. The lowest BCUT2D eigenvalue weighted by atomic mass is 9.91. The zero-order valence-corrected chi connectivity index (χ0v) is 12.7. The lowest BCUT2D eigenvalue weighted by Gasteiger charge is -2.40. The van der Waals surface area contributed by atoms with E-state index in [2.05, 4.69) is 16.0 Å². The molecular weight excluding hydrogens is 286 g/mol. The van der Waals surface area contributed by atoms with Gasteiger partial charge in [-0.15, -0.1) is 0 Å². The molecule has 0 unspecified atom stereocenters. The molecule has 122 valence electrons. The van der Waals surface area contributed by atoms with Crippen LogP contribution in [0.5, 0.6) is 0 Å². The minimum absolute atomic E-state index is 0.155. The molecule has 1 heterocycles. The molecule has 0 radical (unpaired) electrons. The number of piperidine rings is 1. The van der Waals surface area contributed by atoms with Crippen molar-refractivity contribution in [3.05, 3.63) is 29.8 Å². The van der Waals surface area contributed by atoms with Gasteiger partial charge in [0.1, 0.15) is 6.10 Å². The summed E-state index contributed by atoms with van der Waals surface area (Å²) in [5, 5.41) is 38.1. The maximum atomic E-state index is 12.1. The van der Waals surface area contributed by atoms with Crippen molar-refractivity contribution in [3.8, 4) is 0 Å². The molecule has 1 aliphatic rings. The van der Waals surface area contributed by atoms with Crippen molar-refractivity contribution < 1.29 is 20.1 Å². The summed E-state index contributed by atoms with van der Waals surface area (Å²) in [5.74, 6) is -0.259. The first-order valence-electron chi connectivity index (χ1n) is 7.30. The van der Waals surface area contributed by atoms with Gasteiger partial charge in [-0.25, -0.2) is 0 Å². The molecule has 0 aliphatic carbocycles. The third-order valence-corrected chi connectivity index (χ3v) is 4.02. The highest BCUT2D eigenvalue weighted by Crippen LogP contribution is 2.15. The average Bonchev–Trinajstić information content (AvgIpc) is 2.54. The van der Waals surface area contributed by atoms with E-state index in [1.54, 1.807) is 38.2 Å². The van der Waals surface area contributed by atoms with E-state index in [0.717, 1.165) is 5.69 Å². The van der Waals surface area contributed by atoms with Crippen molar-refractivity contribution in [1.82, 2.24) is 10.6 Å². The number of aliphatic hydroxyl groups excluding tert-OH is 3. The normalized spacial score (nSPS) is 31.6. The van der Waals surface area contributed by atoms with Crippen LogP contribution in [-0.2, 0) is 0 Å². The first-order valence-corrected chi connectivity index (χ1v) is 7.30.